The van der Waals surface area contributed by atoms with E-state index in [9.17, 15) is 14.4 Å². The number of benzene rings is 2. The average Bonchev–Trinajstić information content (AvgIpc) is 2.87. The van der Waals surface area contributed by atoms with E-state index in [4.69, 9.17) is 0 Å². The van der Waals surface area contributed by atoms with Gasteiger partial charge < -0.3 is 10.2 Å². The molecule has 0 saturated carbocycles. The highest BCUT2D eigenvalue weighted by atomic mass is 16.2. The van der Waals surface area contributed by atoms with E-state index in [1.165, 1.54) is 15.2 Å². The van der Waals surface area contributed by atoms with Crippen molar-refractivity contribution >= 4 is 28.6 Å². The lowest BCUT2D eigenvalue weighted by Gasteiger charge is -2.16. The van der Waals surface area contributed by atoms with E-state index < -0.39 is 0 Å². The highest BCUT2D eigenvalue weighted by molar-refractivity contribution is 6.01. The van der Waals surface area contributed by atoms with E-state index in [1.807, 2.05) is 25.1 Å². The van der Waals surface area contributed by atoms with E-state index >= 15 is 0 Å². The van der Waals surface area contributed by atoms with Gasteiger partial charge in [-0.05, 0) is 35.7 Å². The molecule has 1 aliphatic heterocycles. The molecule has 1 unspecified atom stereocenters. The van der Waals surface area contributed by atoms with Crippen LogP contribution in [-0.2, 0) is 9.59 Å². The van der Waals surface area contributed by atoms with Gasteiger partial charge in [-0.1, -0.05) is 36.4 Å². The first-order valence-corrected chi connectivity index (χ1v) is 8.79. The Morgan fingerprint density at radius 1 is 1.15 bits per heavy atom. The minimum atomic E-state index is -0.292. The maximum atomic E-state index is 12.2. The van der Waals surface area contributed by atoms with Gasteiger partial charge in [-0.3, -0.25) is 14.5 Å². The molecule has 0 radical (unpaired) electrons. The van der Waals surface area contributed by atoms with Crippen molar-refractivity contribution in [3.8, 4) is 0 Å². The highest BCUT2D eigenvalue weighted by Crippen LogP contribution is 2.20. The van der Waals surface area contributed by atoms with Gasteiger partial charge >= 0.3 is 6.03 Å². The fraction of sp³-hybridized carbons (Fsp3) is 0.350. The van der Waals surface area contributed by atoms with Crippen molar-refractivity contribution in [3.63, 3.8) is 0 Å². The fourth-order valence-electron chi connectivity index (χ4n) is 3.16. The zero-order chi connectivity index (χ0) is 18.7. The molecular weight excluding hydrogens is 330 g/mol. The predicted molar refractivity (Wildman–Crippen MR) is 99.5 cm³/mol. The molecule has 1 fully saturated rings. The summed E-state index contributed by atoms with van der Waals surface area (Å²) in [5.74, 6) is -0.291. The first-order chi connectivity index (χ1) is 12.5. The summed E-state index contributed by atoms with van der Waals surface area (Å²) < 4.78 is 0. The van der Waals surface area contributed by atoms with Crippen LogP contribution in [0.4, 0.5) is 4.79 Å². The number of hydrogen-bond acceptors (Lipinski definition) is 3. The van der Waals surface area contributed by atoms with Gasteiger partial charge in [0, 0.05) is 20.0 Å². The monoisotopic (exact) mass is 353 g/mol. The molecule has 1 saturated heterocycles. The Morgan fingerprint density at radius 2 is 1.88 bits per heavy atom. The summed E-state index contributed by atoms with van der Waals surface area (Å²) in [6.45, 7) is 2.34. The molecule has 6 heteroatoms. The number of urea groups is 1. The van der Waals surface area contributed by atoms with E-state index in [0.717, 1.165) is 10.9 Å². The van der Waals surface area contributed by atoms with Gasteiger partial charge in [0.1, 0.15) is 6.54 Å². The van der Waals surface area contributed by atoms with Gasteiger partial charge in [-0.25, -0.2) is 4.79 Å². The van der Waals surface area contributed by atoms with Crippen molar-refractivity contribution in [1.29, 1.82) is 0 Å². The molecule has 0 aliphatic carbocycles. The Balaban J connectivity index is 1.51. The van der Waals surface area contributed by atoms with Crippen molar-refractivity contribution in [2.45, 2.75) is 25.8 Å². The van der Waals surface area contributed by atoms with Crippen LogP contribution in [0.2, 0.25) is 0 Å². The standard InChI is InChI=1S/C20H23N3O3/c1-14(16-10-9-15-6-3-4-7-17(15)12-16)21-18(24)8-5-11-23-19(25)13-22(2)20(23)26/h3-4,6-7,9-10,12,14H,5,8,11,13H2,1-2H3,(H,21,24). The van der Waals surface area contributed by atoms with Gasteiger partial charge in [0.25, 0.3) is 0 Å². The predicted octanol–water partition coefficient (Wildman–Crippen LogP) is 2.69. The maximum Gasteiger partial charge on any atom is 0.326 e. The van der Waals surface area contributed by atoms with Crippen LogP contribution in [0.5, 0.6) is 0 Å². The maximum absolute atomic E-state index is 12.2. The third-order valence-corrected chi connectivity index (χ3v) is 4.67. The Labute approximate surface area is 152 Å². The number of carbonyl (C=O) groups excluding carboxylic acids is 3. The number of fused-ring (bicyclic) bond motifs is 1. The molecule has 4 amide bonds. The molecule has 2 aromatic carbocycles. The zero-order valence-electron chi connectivity index (χ0n) is 15.1. The summed E-state index contributed by atoms with van der Waals surface area (Å²) in [5.41, 5.74) is 1.04. The van der Waals surface area contributed by atoms with Gasteiger partial charge in [0.05, 0.1) is 6.04 Å². The van der Waals surface area contributed by atoms with Crippen LogP contribution in [0.1, 0.15) is 31.4 Å². The summed E-state index contributed by atoms with van der Waals surface area (Å²) in [7, 11) is 1.60. The number of nitrogens with zero attached hydrogens (tertiary/aromatic N) is 2. The normalized spacial score (nSPS) is 15.6. The summed E-state index contributed by atoms with van der Waals surface area (Å²) in [4.78, 5) is 38.3. The summed E-state index contributed by atoms with van der Waals surface area (Å²) >= 11 is 0. The lowest BCUT2D eigenvalue weighted by atomic mass is 10.0. The molecule has 26 heavy (non-hydrogen) atoms. The molecule has 0 aromatic heterocycles. The molecule has 1 atom stereocenters. The summed E-state index contributed by atoms with van der Waals surface area (Å²) in [6.07, 6.45) is 0.736. The van der Waals surface area contributed by atoms with Crippen LogP contribution in [0.25, 0.3) is 10.8 Å². The number of likely N-dealkylation sites (N-methyl/N-ethyl adjacent to an activating group) is 1. The average molecular weight is 353 g/mol. The molecule has 1 N–H and O–H groups in total. The second-order valence-corrected chi connectivity index (χ2v) is 6.68. The smallest absolute Gasteiger partial charge is 0.326 e. The largest absolute Gasteiger partial charge is 0.350 e. The topological polar surface area (TPSA) is 69.7 Å². The molecule has 2 aromatic rings. The number of imide groups is 1. The van der Waals surface area contributed by atoms with Gasteiger partial charge in [0.2, 0.25) is 11.8 Å². The van der Waals surface area contributed by atoms with E-state index in [2.05, 4.69) is 29.6 Å². The molecule has 1 aliphatic rings. The van der Waals surface area contributed by atoms with Crippen molar-refractivity contribution in [1.82, 2.24) is 15.1 Å². The number of rotatable bonds is 6. The van der Waals surface area contributed by atoms with Gasteiger partial charge in [-0.15, -0.1) is 0 Å². The first-order valence-electron chi connectivity index (χ1n) is 8.79. The lowest BCUT2D eigenvalue weighted by Crippen LogP contribution is -2.33. The van der Waals surface area contributed by atoms with Crippen LogP contribution in [0.3, 0.4) is 0 Å². The minimum Gasteiger partial charge on any atom is -0.350 e. The van der Waals surface area contributed by atoms with Crippen LogP contribution in [-0.4, -0.2) is 47.8 Å². The molecule has 1 heterocycles. The minimum absolute atomic E-state index is 0.0851. The van der Waals surface area contributed by atoms with Crippen LogP contribution >= 0.6 is 0 Å². The Kier molecular flexibility index (Phi) is 5.21. The number of amides is 4. The fourth-order valence-corrected chi connectivity index (χ4v) is 3.16. The Morgan fingerprint density at radius 3 is 2.58 bits per heavy atom. The van der Waals surface area contributed by atoms with E-state index in [1.54, 1.807) is 7.05 Å². The van der Waals surface area contributed by atoms with Crippen LogP contribution < -0.4 is 5.32 Å². The van der Waals surface area contributed by atoms with Crippen molar-refractivity contribution in [2.24, 2.45) is 0 Å². The van der Waals surface area contributed by atoms with Gasteiger partial charge in [0.15, 0.2) is 0 Å². The third-order valence-electron chi connectivity index (χ3n) is 4.67. The lowest BCUT2D eigenvalue weighted by molar-refractivity contribution is -0.126. The third kappa shape index (κ3) is 3.85. The summed E-state index contributed by atoms with van der Waals surface area (Å²) in [5, 5.41) is 5.29. The van der Waals surface area contributed by atoms with E-state index in [-0.39, 0.29) is 43.4 Å². The molecule has 6 nitrogen and oxygen atoms in total. The van der Waals surface area contributed by atoms with Crippen LogP contribution in [0.15, 0.2) is 42.5 Å². The van der Waals surface area contributed by atoms with Crippen molar-refractivity contribution in [3.05, 3.63) is 48.0 Å². The van der Waals surface area contributed by atoms with E-state index in [0.29, 0.717) is 6.42 Å². The first kappa shape index (κ1) is 17.9. The number of carbonyl (C=O) groups is 3. The van der Waals surface area contributed by atoms with Crippen molar-refractivity contribution in [2.75, 3.05) is 20.1 Å². The number of nitrogens with one attached hydrogen (secondary N) is 1. The second-order valence-electron chi connectivity index (χ2n) is 6.68. The van der Waals surface area contributed by atoms with Crippen LogP contribution in [0, 0.1) is 0 Å². The summed E-state index contributed by atoms with van der Waals surface area (Å²) in [6, 6.07) is 13.9. The second kappa shape index (κ2) is 7.56. The van der Waals surface area contributed by atoms with Gasteiger partial charge in [-0.2, -0.15) is 0 Å². The highest BCUT2D eigenvalue weighted by Gasteiger charge is 2.32. The Hall–Kier alpha value is -2.89. The molecule has 136 valence electrons. The molecule has 0 bridgehead atoms. The SMILES string of the molecule is CC(NC(=O)CCCN1C(=O)CN(C)C1=O)c1ccc2ccccc2c1. The quantitative estimate of drug-likeness (QED) is 0.812. The molecular formula is C20H23N3O3. The Bertz CT molecular complexity index is 849. The molecule has 3 rings (SSSR count). The number of hydrogen-bond donors (Lipinski definition) is 1. The molecule has 0 spiro atoms. The van der Waals surface area contributed by atoms with Crippen molar-refractivity contribution < 1.29 is 14.4 Å². The zero-order valence-corrected chi connectivity index (χ0v) is 15.1.